The zero-order valence-corrected chi connectivity index (χ0v) is 17.0. The van der Waals surface area contributed by atoms with Gasteiger partial charge in [0, 0.05) is 18.3 Å². The molecule has 0 N–H and O–H groups in total. The molecule has 2 heterocycles. The molecule has 2 aliphatic heterocycles. The topological polar surface area (TPSA) is 40.6 Å². The Balaban J connectivity index is 1.95. The quantitative estimate of drug-likeness (QED) is 0.755. The van der Waals surface area contributed by atoms with Crippen molar-refractivity contribution in [3.8, 4) is 0 Å². The molecular weight excluding hydrogens is 348 g/mol. The van der Waals surface area contributed by atoms with Crippen LogP contribution in [0, 0.1) is 13.8 Å². The summed E-state index contributed by atoms with van der Waals surface area (Å²) in [5.41, 5.74) is 6.34. The van der Waals surface area contributed by atoms with Crippen LogP contribution in [0.2, 0.25) is 0 Å². The monoisotopic (exact) mass is 374 g/mol. The average molecular weight is 374 g/mol. The Morgan fingerprint density at radius 2 is 1.71 bits per heavy atom. The van der Waals surface area contributed by atoms with Gasteiger partial charge in [0.1, 0.15) is 5.70 Å². The van der Waals surface area contributed by atoms with Crippen LogP contribution in [0.3, 0.4) is 0 Å². The molecule has 0 saturated heterocycles. The molecule has 4 heteroatoms. The summed E-state index contributed by atoms with van der Waals surface area (Å²) in [7, 11) is 0. The van der Waals surface area contributed by atoms with Gasteiger partial charge in [-0.15, -0.1) is 0 Å². The molecule has 4 nitrogen and oxygen atoms in total. The van der Waals surface area contributed by atoms with E-state index in [9.17, 15) is 9.59 Å². The lowest BCUT2D eigenvalue weighted by Crippen LogP contribution is -2.40. The van der Waals surface area contributed by atoms with Crippen LogP contribution < -0.4 is 4.90 Å². The normalized spacial score (nSPS) is 17.0. The Hall–Kier alpha value is -2.88. The van der Waals surface area contributed by atoms with Crippen LogP contribution in [0.4, 0.5) is 5.69 Å². The summed E-state index contributed by atoms with van der Waals surface area (Å²) in [6.07, 6.45) is 1.96. The van der Waals surface area contributed by atoms with Crippen molar-refractivity contribution in [3.63, 3.8) is 0 Å². The molecule has 0 atom stereocenters. The Kier molecular flexibility index (Phi) is 4.58. The Morgan fingerprint density at radius 3 is 2.43 bits per heavy atom. The van der Waals surface area contributed by atoms with Gasteiger partial charge in [0.15, 0.2) is 0 Å². The van der Waals surface area contributed by atoms with E-state index in [-0.39, 0.29) is 17.9 Å². The summed E-state index contributed by atoms with van der Waals surface area (Å²) >= 11 is 0. The number of rotatable bonds is 3. The van der Waals surface area contributed by atoms with Crippen LogP contribution in [0.1, 0.15) is 42.5 Å². The second-order valence-corrected chi connectivity index (χ2v) is 8.00. The van der Waals surface area contributed by atoms with E-state index in [0.717, 1.165) is 41.8 Å². The number of fused-ring (bicyclic) bond motifs is 1. The maximum absolute atomic E-state index is 13.4. The third-order valence-corrected chi connectivity index (χ3v) is 5.64. The number of aryl methyl sites for hydroxylation is 3. The number of imide groups is 1. The van der Waals surface area contributed by atoms with Gasteiger partial charge >= 0.3 is 0 Å². The molecular formula is C24H26N2O2. The van der Waals surface area contributed by atoms with Gasteiger partial charge in [0.25, 0.3) is 11.8 Å². The number of para-hydroxylation sites is 1. The number of carbonyl (C=O) groups is 2. The van der Waals surface area contributed by atoms with Crippen LogP contribution in [-0.4, -0.2) is 29.3 Å². The second-order valence-electron chi connectivity index (χ2n) is 8.00. The molecule has 28 heavy (non-hydrogen) atoms. The first-order valence-electron chi connectivity index (χ1n) is 9.95. The molecule has 2 amide bonds. The van der Waals surface area contributed by atoms with Crippen LogP contribution >= 0.6 is 0 Å². The van der Waals surface area contributed by atoms with E-state index < -0.39 is 0 Å². The highest BCUT2D eigenvalue weighted by molar-refractivity contribution is 6.37. The van der Waals surface area contributed by atoms with Crippen molar-refractivity contribution in [3.05, 3.63) is 70.4 Å². The van der Waals surface area contributed by atoms with E-state index in [1.165, 1.54) is 10.5 Å². The van der Waals surface area contributed by atoms with Gasteiger partial charge in [-0.3, -0.25) is 14.5 Å². The molecule has 0 aliphatic carbocycles. The van der Waals surface area contributed by atoms with Gasteiger partial charge in [0.05, 0.1) is 5.57 Å². The van der Waals surface area contributed by atoms with E-state index >= 15 is 0 Å². The van der Waals surface area contributed by atoms with Crippen LogP contribution in [0.5, 0.6) is 0 Å². The first kappa shape index (κ1) is 18.5. The van der Waals surface area contributed by atoms with E-state index in [4.69, 9.17) is 0 Å². The van der Waals surface area contributed by atoms with E-state index in [1.54, 1.807) is 0 Å². The number of amides is 2. The van der Waals surface area contributed by atoms with E-state index in [0.29, 0.717) is 11.3 Å². The lowest BCUT2D eigenvalue weighted by Gasteiger charge is -2.32. The van der Waals surface area contributed by atoms with Gasteiger partial charge in [-0.1, -0.05) is 42.0 Å². The molecule has 2 aliphatic rings. The van der Waals surface area contributed by atoms with Gasteiger partial charge < -0.3 is 4.90 Å². The summed E-state index contributed by atoms with van der Waals surface area (Å²) in [6, 6.07) is 14.1. The number of nitrogens with zero attached hydrogens (tertiary/aromatic N) is 2. The molecule has 144 valence electrons. The molecule has 0 fully saturated rings. The minimum Gasteiger partial charge on any atom is -0.336 e. The number of hydrogen-bond acceptors (Lipinski definition) is 3. The van der Waals surface area contributed by atoms with E-state index in [1.807, 2.05) is 52.0 Å². The molecule has 0 unspecified atom stereocenters. The van der Waals surface area contributed by atoms with Crippen molar-refractivity contribution >= 4 is 23.1 Å². The Morgan fingerprint density at radius 1 is 0.964 bits per heavy atom. The summed E-state index contributed by atoms with van der Waals surface area (Å²) in [5, 5.41) is 0. The fraction of sp³-hybridized carbons (Fsp3) is 0.333. The van der Waals surface area contributed by atoms with Crippen molar-refractivity contribution in [1.82, 2.24) is 4.90 Å². The molecule has 0 spiro atoms. The van der Waals surface area contributed by atoms with Crippen LogP contribution in [0.15, 0.2) is 48.2 Å². The smallest absolute Gasteiger partial charge is 0.278 e. The Bertz CT molecular complexity index is 1000. The molecule has 0 aromatic heterocycles. The minimum absolute atomic E-state index is 0.182. The maximum Gasteiger partial charge on any atom is 0.278 e. The number of anilines is 1. The summed E-state index contributed by atoms with van der Waals surface area (Å²) in [6.45, 7) is 8.57. The van der Waals surface area contributed by atoms with Crippen LogP contribution in [-0.2, 0) is 16.0 Å². The SMILES string of the molecule is Cc1ccc(C2=C(N3CCCc4ccccc43)C(=O)N(C(C)C)C2=O)c(C)c1. The zero-order valence-electron chi connectivity index (χ0n) is 17.0. The molecule has 4 rings (SSSR count). The number of benzene rings is 2. The molecule has 2 aromatic carbocycles. The third kappa shape index (κ3) is 2.84. The largest absolute Gasteiger partial charge is 0.336 e. The van der Waals surface area contributed by atoms with Gasteiger partial charge in [-0.05, 0) is 63.3 Å². The first-order valence-corrected chi connectivity index (χ1v) is 9.95. The summed E-state index contributed by atoms with van der Waals surface area (Å²) < 4.78 is 0. The summed E-state index contributed by atoms with van der Waals surface area (Å²) in [4.78, 5) is 30.3. The van der Waals surface area contributed by atoms with Crippen molar-refractivity contribution in [2.45, 2.75) is 46.6 Å². The molecule has 0 radical (unpaired) electrons. The van der Waals surface area contributed by atoms with Gasteiger partial charge in [0.2, 0.25) is 0 Å². The summed E-state index contributed by atoms with van der Waals surface area (Å²) in [5.74, 6) is -0.378. The highest BCUT2D eigenvalue weighted by Gasteiger charge is 2.44. The van der Waals surface area contributed by atoms with Crippen molar-refractivity contribution in [2.24, 2.45) is 0 Å². The second kappa shape index (κ2) is 6.93. The molecule has 2 aromatic rings. The minimum atomic E-state index is -0.190. The Labute approximate surface area is 166 Å². The van der Waals surface area contributed by atoms with Crippen LogP contribution in [0.25, 0.3) is 5.57 Å². The van der Waals surface area contributed by atoms with Crippen molar-refractivity contribution < 1.29 is 9.59 Å². The third-order valence-electron chi connectivity index (χ3n) is 5.64. The predicted molar refractivity (Wildman–Crippen MR) is 112 cm³/mol. The fourth-order valence-corrected chi connectivity index (χ4v) is 4.36. The first-order chi connectivity index (χ1) is 13.4. The van der Waals surface area contributed by atoms with Crippen molar-refractivity contribution in [2.75, 3.05) is 11.4 Å². The van der Waals surface area contributed by atoms with E-state index in [2.05, 4.69) is 23.1 Å². The molecule has 0 bridgehead atoms. The highest BCUT2D eigenvalue weighted by Crippen LogP contribution is 2.39. The number of hydrogen-bond donors (Lipinski definition) is 0. The average Bonchev–Trinajstić information content (AvgIpc) is 2.91. The zero-order chi connectivity index (χ0) is 20.0. The maximum atomic E-state index is 13.4. The lowest BCUT2D eigenvalue weighted by molar-refractivity contribution is -0.138. The molecule has 0 saturated carbocycles. The van der Waals surface area contributed by atoms with Gasteiger partial charge in [-0.25, -0.2) is 0 Å². The fourth-order valence-electron chi connectivity index (χ4n) is 4.36. The van der Waals surface area contributed by atoms with Crippen molar-refractivity contribution in [1.29, 1.82) is 0 Å². The number of carbonyl (C=O) groups excluding carboxylic acids is 2. The standard InChI is InChI=1S/C24H26N2O2/c1-15(2)26-23(27)21(19-12-11-16(3)14-17(19)4)22(24(26)28)25-13-7-9-18-8-5-6-10-20(18)25/h5-6,8,10-12,14-15H,7,9,13H2,1-4H3. The van der Waals surface area contributed by atoms with Gasteiger partial charge in [-0.2, -0.15) is 0 Å². The predicted octanol–water partition coefficient (Wildman–Crippen LogP) is 4.24. The lowest BCUT2D eigenvalue weighted by atomic mass is 9.95. The highest BCUT2D eigenvalue weighted by atomic mass is 16.2.